The van der Waals surface area contributed by atoms with E-state index in [1.807, 2.05) is 34.8 Å². The van der Waals surface area contributed by atoms with Gasteiger partial charge < -0.3 is 13.9 Å². The van der Waals surface area contributed by atoms with Gasteiger partial charge in [-0.25, -0.2) is 0 Å². The van der Waals surface area contributed by atoms with Gasteiger partial charge in [0.15, 0.2) is 5.76 Å². The Morgan fingerprint density at radius 1 is 1.37 bits per heavy atom. The van der Waals surface area contributed by atoms with E-state index >= 15 is 0 Å². The monoisotopic (exact) mass is 260 g/mol. The molecule has 0 aliphatic heterocycles. The summed E-state index contributed by atoms with van der Waals surface area (Å²) >= 11 is 0. The van der Waals surface area contributed by atoms with E-state index in [0.717, 1.165) is 25.1 Å². The van der Waals surface area contributed by atoms with E-state index in [1.54, 1.807) is 12.1 Å². The third kappa shape index (κ3) is 3.28. The molecule has 0 aromatic carbocycles. The lowest BCUT2D eigenvalue weighted by Crippen LogP contribution is -2.31. The normalized spacial score (nSPS) is 10.6. The average molecular weight is 260 g/mol. The molecular weight excluding hydrogens is 240 g/mol. The first-order valence-corrected chi connectivity index (χ1v) is 6.65. The van der Waals surface area contributed by atoms with Gasteiger partial charge in [0.25, 0.3) is 5.91 Å². The van der Waals surface area contributed by atoms with E-state index < -0.39 is 0 Å². The van der Waals surface area contributed by atoms with Gasteiger partial charge in [-0.3, -0.25) is 4.79 Å². The second-order valence-corrected chi connectivity index (χ2v) is 4.67. The fraction of sp³-hybridized carbons (Fsp3) is 0.400. The minimum Gasteiger partial charge on any atom is -0.459 e. The lowest BCUT2D eigenvalue weighted by atomic mass is 10.2. The zero-order chi connectivity index (χ0) is 13.7. The van der Waals surface area contributed by atoms with Crippen molar-refractivity contribution in [2.24, 2.45) is 7.05 Å². The number of aryl methyl sites for hydroxylation is 1. The zero-order valence-corrected chi connectivity index (χ0v) is 11.5. The molecule has 0 unspecified atom stereocenters. The van der Waals surface area contributed by atoms with E-state index in [-0.39, 0.29) is 5.91 Å². The van der Waals surface area contributed by atoms with Crippen molar-refractivity contribution in [3.05, 3.63) is 48.2 Å². The lowest BCUT2D eigenvalue weighted by Gasteiger charge is -2.21. The second-order valence-electron chi connectivity index (χ2n) is 4.67. The van der Waals surface area contributed by atoms with Gasteiger partial charge in [0, 0.05) is 25.5 Å². The number of hydrogen-bond acceptors (Lipinski definition) is 2. The number of carbonyl (C=O) groups excluding carboxylic acids is 1. The summed E-state index contributed by atoms with van der Waals surface area (Å²) in [7, 11) is 1.99. The van der Waals surface area contributed by atoms with Crippen LogP contribution in [0.2, 0.25) is 0 Å². The summed E-state index contributed by atoms with van der Waals surface area (Å²) < 4.78 is 7.24. The van der Waals surface area contributed by atoms with Gasteiger partial charge in [-0.1, -0.05) is 13.3 Å². The van der Waals surface area contributed by atoms with Crippen molar-refractivity contribution in [1.29, 1.82) is 0 Å². The van der Waals surface area contributed by atoms with Gasteiger partial charge in [-0.2, -0.15) is 0 Å². The van der Waals surface area contributed by atoms with Crippen molar-refractivity contribution in [3.63, 3.8) is 0 Å². The van der Waals surface area contributed by atoms with Gasteiger partial charge in [0.1, 0.15) is 0 Å². The largest absolute Gasteiger partial charge is 0.459 e. The molecule has 0 bridgehead atoms. The van der Waals surface area contributed by atoms with Crippen LogP contribution in [0.25, 0.3) is 0 Å². The molecule has 4 nitrogen and oxygen atoms in total. The van der Waals surface area contributed by atoms with Crippen molar-refractivity contribution in [1.82, 2.24) is 9.47 Å². The predicted molar refractivity (Wildman–Crippen MR) is 73.8 cm³/mol. The van der Waals surface area contributed by atoms with Crippen molar-refractivity contribution in [3.8, 4) is 0 Å². The molecule has 2 aromatic heterocycles. The third-order valence-electron chi connectivity index (χ3n) is 3.20. The number of unbranched alkanes of at least 4 members (excludes halogenated alkanes) is 1. The summed E-state index contributed by atoms with van der Waals surface area (Å²) in [4.78, 5) is 14.2. The minimum absolute atomic E-state index is 0.0420. The molecule has 0 saturated carbocycles. The Morgan fingerprint density at radius 3 is 2.79 bits per heavy atom. The first kappa shape index (κ1) is 13.5. The average Bonchev–Trinajstić information content (AvgIpc) is 3.05. The Morgan fingerprint density at radius 2 is 2.21 bits per heavy atom. The molecule has 2 heterocycles. The van der Waals surface area contributed by atoms with Gasteiger partial charge in [-0.15, -0.1) is 0 Å². The van der Waals surface area contributed by atoms with E-state index in [0.29, 0.717) is 12.3 Å². The SMILES string of the molecule is CCCCN(Cc1cccn1C)C(=O)c1ccco1. The summed E-state index contributed by atoms with van der Waals surface area (Å²) in [6, 6.07) is 7.49. The smallest absolute Gasteiger partial charge is 0.289 e. The number of rotatable bonds is 6. The highest BCUT2D eigenvalue weighted by molar-refractivity contribution is 5.91. The molecule has 19 heavy (non-hydrogen) atoms. The number of carbonyl (C=O) groups is 1. The molecule has 0 spiro atoms. The summed E-state index contributed by atoms with van der Waals surface area (Å²) in [5.41, 5.74) is 1.12. The summed E-state index contributed by atoms with van der Waals surface area (Å²) in [5.74, 6) is 0.366. The van der Waals surface area contributed by atoms with Crippen LogP contribution in [-0.4, -0.2) is 21.9 Å². The van der Waals surface area contributed by atoms with Crippen LogP contribution in [0.1, 0.15) is 36.0 Å². The summed E-state index contributed by atoms with van der Waals surface area (Å²) in [6.45, 7) is 3.49. The van der Waals surface area contributed by atoms with E-state index in [9.17, 15) is 4.79 Å². The molecular formula is C15H20N2O2. The summed E-state index contributed by atoms with van der Waals surface area (Å²) in [5, 5.41) is 0. The maximum atomic E-state index is 12.4. The molecule has 0 N–H and O–H groups in total. The zero-order valence-electron chi connectivity index (χ0n) is 11.5. The van der Waals surface area contributed by atoms with E-state index in [1.165, 1.54) is 6.26 Å². The lowest BCUT2D eigenvalue weighted by molar-refractivity contribution is 0.0705. The Bertz CT molecular complexity index is 514. The number of amides is 1. The highest BCUT2D eigenvalue weighted by Gasteiger charge is 2.18. The highest BCUT2D eigenvalue weighted by Crippen LogP contribution is 2.12. The predicted octanol–water partition coefficient (Wildman–Crippen LogP) is 3.06. The van der Waals surface area contributed by atoms with Crippen LogP contribution in [0, 0.1) is 0 Å². The minimum atomic E-state index is -0.0420. The van der Waals surface area contributed by atoms with Crippen LogP contribution >= 0.6 is 0 Å². The molecule has 0 radical (unpaired) electrons. The van der Waals surface area contributed by atoms with Gasteiger partial charge >= 0.3 is 0 Å². The summed E-state index contributed by atoms with van der Waals surface area (Å²) in [6.07, 6.45) is 5.59. The number of hydrogen-bond donors (Lipinski definition) is 0. The molecule has 0 saturated heterocycles. The van der Waals surface area contributed by atoms with Crippen molar-refractivity contribution < 1.29 is 9.21 Å². The number of aromatic nitrogens is 1. The maximum Gasteiger partial charge on any atom is 0.289 e. The maximum absolute atomic E-state index is 12.4. The Labute approximate surface area is 113 Å². The molecule has 102 valence electrons. The molecule has 0 atom stereocenters. The Hall–Kier alpha value is -1.97. The third-order valence-corrected chi connectivity index (χ3v) is 3.20. The molecule has 0 aliphatic rings. The van der Waals surface area contributed by atoms with Gasteiger partial charge in [0.05, 0.1) is 12.8 Å². The van der Waals surface area contributed by atoms with Crippen LogP contribution in [0.3, 0.4) is 0 Å². The fourth-order valence-corrected chi connectivity index (χ4v) is 2.01. The first-order chi connectivity index (χ1) is 9.22. The quantitative estimate of drug-likeness (QED) is 0.800. The van der Waals surface area contributed by atoms with Crippen molar-refractivity contribution >= 4 is 5.91 Å². The van der Waals surface area contributed by atoms with E-state index in [4.69, 9.17) is 4.42 Å². The van der Waals surface area contributed by atoms with Crippen molar-refractivity contribution in [2.45, 2.75) is 26.3 Å². The van der Waals surface area contributed by atoms with Crippen LogP contribution < -0.4 is 0 Å². The highest BCUT2D eigenvalue weighted by atomic mass is 16.3. The molecule has 2 rings (SSSR count). The van der Waals surface area contributed by atoms with Crippen LogP contribution in [-0.2, 0) is 13.6 Å². The Kier molecular flexibility index (Phi) is 4.44. The standard InChI is InChI=1S/C15H20N2O2/c1-3-4-10-17(12-13-7-5-9-16(13)2)15(18)14-8-6-11-19-14/h5-9,11H,3-4,10,12H2,1-2H3. The van der Waals surface area contributed by atoms with Crippen molar-refractivity contribution in [2.75, 3.05) is 6.54 Å². The van der Waals surface area contributed by atoms with Crippen LogP contribution in [0.15, 0.2) is 41.1 Å². The number of nitrogens with zero attached hydrogens (tertiary/aromatic N) is 2. The molecule has 4 heteroatoms. The molecule has 0 aliphatic carbocycles. The van der Waals surface area contributed by atoms with Crippen LogP contribution in [0.5, 0.6) is 0 Å². The Balaban J connectivity index is 2.11. The van der Waals surface area contributed by atoms with Crippen LogP contribution in [0.4, 0.5) is 0 Å². The topological polar surface area (TPSA) is 38.4 Å². The molecule has 1 amide bonds. The number of furan rings is 1. The second kappa shape index (κ2) is 6.27. The fourth-order valence-electron chi connectivity index (χ4n) is 2.01. The first-order valence-electron chi connectivity index (χ1n) is 6.65. The molecule has 2 aromatic rings. The van der Waals surface area contributed by atoms with Gasteiger partial charge in [-0.05, 0) is 30.7 Å². The molecule has 0 fully saturated rings. The van der Waals surface area contributed by atoms with E-state index in [2.05, 4.69) is 6.92 Å². The van der Waals surface area contributed by atoms with Gasteiger partial charge in [0.2, 0.25) is 0 Å².